The number of rotatable bonds is 6. The first-order valence-electron chi connectivity index (χ1n) is 12.0. The number of nitrogen functional groups attached to an aromatic ring is 1. The lowest BCUT2D eigenvalue weighted by Gasteiger charge is -2.38. The summed E-state index contributed by atoms with van der Waals surface area (Å²) in [5.74, 6) is -1.13. The Morgan fingerprint density at radius 3 is 2.42 bits per heavy atom. The summed E-state index contributed by atoms with van der Waals surface area (Å²) in [4.78, 5) is 29.1. The molecule has 6 nitrogen and oxygen atoms in total. The molecule has 7 heteroatoms. The third-order valence-corrected chi connectivity index (χ3v) is 6.79. The van der Waals surface area contributed by atoms with Crippen LogP contribution in [-0.2, 0) is 4.79 Å². The standard InChI is InChI=1S/C29H27FN4O2/c1-3-33-28-26(18(2)32-34(28)23-10-5-4-6-11-23)27(19-12-14-21(30)15-13-19)24(29(33)36)17-25(35)20-8-7-9-22(31)16-20/h4-16,24,27H,3,17,31H2,1-2H3/t24-,27+/m0/s1. The fourth-order valence-electron chi connectivity index (χ4n) is 5.16. The number of aromatic nitrogens is 2. The lowest BCUT2D eigenvalue weighted by atomic mass is 9.74. The summed E-state index contributed by atoms with van der Waals surface area (Å²) in [5, 5.41) is 4.82. The van der Waals surface area contributed by atoms with Crippen LogP contribution in [0.25, 0.3) is 5.69 Å². The van der Waals surface area contributed by atoms with Crippen molar-refractivity contribution in [3.63, 3.8) is 0 Å². The second-order valence-electron chi connectivity index (χ2n) is 9.04. The van der Waals surface area contributed by atoms with Crippen molar-refractivity contribution in [3.8, 4) is 5.69 Å². The maximum absolute atomic E-state index is 14.0. The molecular weight excluding hydrogens is 455 g/mol. The van der Waals surface area contributed by atoms with Gasteiger partial charge >= 0.3 is 0 Å². The van der Waals surface area contributed by atoms with Gasteiger partial charge in [-0.1, -0.05) is 42.5 Å². The van der Waals surface area contributed by atoms with Crippen molar-refractivity contribution in [1.29, 1.82) is 0 Å². The van der Waals surface area contributed by atoms with Gasteiger partial charge in [-0.3, -0.25) is 14.5 Å². The van der Waals surface area contributed by atoms with Crippen molar-refractivity contribution < 1.29 is 14.0 Å². The molecule has 0 spiro atoms. The maximum Gasteiger partial charge on any atom is 0.232 e. The number of hydrogen-bond donors (Lipinski definition) is 1. The number of fused-ring (bicyclic) bond motifs is 1. The van der Waals surface area contributed by atoms with Crippen LogP contribution in [0.4, 0.5) is 15.9 Å². The van der Waals surface area contributed by atoms with Crippen molar-refractivity contribution in [3.05, 3.63) is 107 Å². The molecule has 1 aliphatic rings. The quantitative estimate of drug-likeness (QED) is 0.299. The molecular formula is C29H27FN4O2. The molecule has 2 atom stereocenters. The van der Waals surface area contributed by atoms with Crippen molar-refractivity contribution in [2.45, 2.75) is 26.2 Å². The molecule has 4 aromatic rings. The highest BCUT2D eigenvalue weighted by Gasteiger charge is 2.45. The van der Waals surface area contributed by atoms with E-state index in [0.717, 1.165) is 22.5 Å². The summed E-state index contributed by atoms with van der Waals surface area (Å²) in [6, 6.07) is 22.6. The van der Waals surface area contributed by atoms with Gasteiger partial charge in [0.15, 0.2) is 5.78 Å². The zero-order valence-electron chi connectivity index (χ0n) is 20.2. The Kier molecular flexibility index (Phi) is 6.14. The molecule has 36 heavy (non-hydrogen) atoms. The van der Waals surface area contributed by atoms with Gasteiger partial charge in [-0.25, -0.2) is 9.07 Å². The molecule has 0 saturated heterocycles. The smallest absolute Gasteiger partial charge is 0.232 e. The van der Waals surface area contributed by atoms with E-state index in [1.54, 1.807) is 46.0 Å². The normalized spacial score (nSPS) is 17.2. The maximum atomic E-state index is 14.0. The molecule has 0 saturated carbocycles. The van der Waals surface area contributed by atoms with Crippen molar-refractivity contribution >= 4 is 23.2 Å². The monoisotopic (exact) mass is 482 g/mol. The SMILES string of the molecule is CCN1C(=O)[C@@H](CC(=O)c2cccc(N)c2)[C@@H](c2ccc(F)cc2)c2c(C)nn(-c3ccccc3)c21. The van der Waals surface area contributed by atoms with Crippen LogP contribution in [0.3, 0.4) is 0 Å². The Balaban J connectivity index is 1.68. The zero-order valence-corrected chi connectivity index (χ0v) is 20.2. The minimum absolute atomic E-state index is 0.00374. The van der Waals surface area contributed by atoms with Gasteiger partial charge in [0, 0.05) is 35.7 Å². The summed E-state index contributed by atoms with van der Waals surface area (Å²) in [6.07, 6.45) is -0.00374. The Morgan fingerprint density at radius 1 is 1.03 bits per heavy atom. The molecule has 0 bridgehead atoms. The molecule has 182 valence electrons. The number of para-hydroxylation sites is 1. The fraction of sp³-hybridized carbons (Fsp3) is 0.207. The minimum Gasteiger partial charge on any atom is -0.399 e. The highest BCUT2D eigenvalue weighted by Crippen LogP contribution is 2.47. The molecule has 1 aliphatic heterocycles. The van der Waals surface area contributed by atoms with E-state index in [-0.39, 0.29) is 23.9 Å². The average Bonchev–Trinajstić information content (AvgIpc) is 3.22. The molecule has 2 heterocycles. The molecule has 2 N–H and O–H groups in total. The van der Waals surface area contributed by atoms with Crippen LogP contribution in [0.15, 0.2) is 78.9 Å². The van der Waals surface area contributed by atoms with E-state index in [1.165, 1.54) is 12.1 Å². The van der Waals surface area contributed by atoms with Crippen LogP contribution >= 0.6 is 0 Å². The van der Waals surface area contributed by atoms with Crippen LogP contribution in [0, 0.1) is 18.7 Å². The van der Waals surface area contributed by atoms with E-state index in [1.807, 2.05) is 44.2 Å². The number of benzene rings is 3. The lowest BCUT2D eigenvalue weighted by molar-refractivity contribution is -0.123. The van der Waals surface area contributed by atoms with Crippen LogP contribution in [0.5, 0.6) is 0 Å². The van der Waals surface area contributed by atoms with E-state index in [0.29, 0.717) is 23.6 Å². The molecule has 0 unspecified atom stereocenters. The summed E-state index contributed by atoms with van der Waals surface area (Å²) in [5.41, 5.74) is 10.1. The van der Waals surface area contributed by atoms with Crippen LogP contribution in [-0.4, -0.2) is 28.0 Å². The number of Topliss-reactive ketones (excluding diaryl/α,β-unsaturated/α-hetero) is 1. The van der Waals surface area contributed by atoms with E-state index in [9.17, 15) is 14.0 Å². The van der Waals surface area contributed by atoms with Crippen LogP contribution in [0.1, 0.15) is 46.4 Å². The fourth-order valence-corrected chi connectivity index (χ4v) is 5.16. The van der Waals surface area contributed by atoms with Gasteiger partial charge < -0.3 is 5.73 Å². The molecule has 1 aromatic heterocycles. The summed E-state index contributed by atoms with van der Waals surface area (Å²) >= 11 is 0. The van der Waals surface area contributed by atoms with E-state index < -0.39 is 11.8 Å². The van der Waals surface area contributed by atoms with Gasteiger partial charge in [-0.2, -0.15) is 5.10 Å². The Bertz CT molecular complexity index is 1430. The largest absolute Gasteiger partial charge is 0.399 e. The third kappa shape index (κ3) is 4.06. The second-order valence-corrected chi connectivity index (χ2v) is 9.04. The predicted molar refractivity (Wildman–Crippen MR) is 138 cm³/mol. The van der Waals surface area contributed by atoms with Gasteiger partial charge in [0.1, 0.15) is 11.6 Å². The first-order chi connectivity index (χ1) is 17.4. The number of nitrogens with zero attached hydrogens (tertiary/aromatic N) is 3. The summed E-state index contributed by atoms with van der Waals surface area (Å²) < 4.78 is 15.6. The third-order valence-electron chi connectivity index (χ3n) is 6.79. The van der Waals surface area contributed by atoms with Gasteiger partial charge in [0.05, 0.1) is 17.3 Å². The average molecular weight is 483 g/mol. The number of hydrogen-bond acceptors (Lipinski definition) is 4. The van der Waals surface area contributed by atoms with Crippen molar-refractivity contribution in [1.82, 2.24) is 9.78 Å². The number of carbonyl (C=O) groups is 2. The number of amides is 1. The first kappa shape index (κ1) is 23.5. The second kappa shape index (κ2) is 9.41. The molecule has 0 radical (unpaired) electrons. The van der Waals surface area contributed by atoms with Gasteiger partial charge in [-0.05, 0) is 55.8 Å². The number of carbonyl (C=O) groups excluding carboxylic acids is 2. The van der Waals surface area contributed by atoms with Crippen molar-refractivity contribution in [2.75, 3.05) is 17.2 Å². The Labute approximate surface area is 209 Å². The number of ketones is 1. The van der Waals surface area contributed by atoms with E-state index in [2.05, 4.69) is 0 Å². The predicted octanol–water partition coefficient (Wildman–Crippen LogP) is 5.29. The Morgan fingerprint density at radius 2 is 1.75 bits per heavy atom. The lowest BCUT2D eigenvalue weighted by Crippen LogP contribution is -2.45. The first-order valence-corrected chi connectivity index (χ1v) is 12.0. The highest BCUT2D eigenvalue weighted by atomic mass is 19.1. The minimum atomic E-state index is -0.677. The van der Waals surface area contributed by atoms with E-state index in [4.69, 9.17) is 10.8 Å². The highest BCUT2D eigenvalue weighted by molar-refractivity contribution is 6.04. The zero-order chi connectivity index (χ0) is 25.4. The number of nitrogens with two attached hydrogens (primary N) is 1. The Hall–Kier alpha value is -4.26. The van der Waals surface area contributed by atoms with Crippen molar-refractivity contribution in [2.24, 2.45) is 5.92 Å². The molecule has 5 rings (SSSR count). The number of halogens is 1. The molecule has 0 aliphatic carbocycles. The number of aryl methyl sites for hydroxylation is 1. The van der Waals surface area contributed by atoms with Gasteiger partial charge in [0.2, 0.25) is 5.91 Å². The van der Waals surface area contributed by atoms with Gasteiger partial charge in [0.25, 0.3) is 0 Å². The van der Waals surface area contributed by atoms with Crippen LogP contribution < -0.4 is 10.6 Å². The molecule has 0 fully saturated rings. The molecule has 1 amide bonds. The van der Waals surface area contributed by atoms with Gasteiger partial charge in [-0.15, -0.1) is 0 Å². The molecule has 3 aromatic carbocycles. The summed E-state index contributed by atoms with van der Waals surface area (Å²) in [6.45, 7) is 4.24. The summed E-state index contributed by atoms with van der Waals surface area (Å²) in [7, 11) is 0. The van der Waals surface area contributed by atoms with E-state index >= 15 is 0 Å². The number of anilines is 2. The topological polar surface area (TPSA) is 81.2 Å². The van der Waals surface area contributed by atoms with Crippen LogP contribution in [0.2, 0.25) is 0 Å².